The Morgan fingerprint density at radius 3 is 2.71 bits per heavy atom. The third-order valence-corrected chi connectivity index (χ3v) is 4.95. The van der Waals surface area contributed by atoms with Gasteiger partial charge in [-0.15, -0.1) is 24.0 Å². The fraction of sp³-hybridized carbons (Fsp3) is 0.650. The molecule has 1 heterocycles. The van der Waals surface area contributed by atoms with Crippen LogP contribution in [-0.4, -0.2) is 71.3 Å². The van der Waals surface area contributed by atoms with E-state index in [1.54, 1.807) is 7.11 Å². The molecule has 1 fully saturated rings. The average molecular weight is 524 g/mol. The average Bonchev–Trinajstić information content (AvgIpc) is 3.05. The van der Waals surface area contributed by atoms with Crippen LogP contribution in [0.25, 0.3) is 0 Å². The molecule has 0 saturated carbocycles. The Kier molecular flexibility index (Phi) is 10.1. The minimum Gasteiger partial charge on any atom is -0.495 e. The Labute approximate surface area is 192 Å². The van der Waals surface area contributed by atoms with E-state index in [-0.39, 0.29) is 29.4 Å². The lowest BCUT2D eigenvalue weighted by Crippen LogP contribution is -2.48. The zero-order valence-electron chi connectivity index (χ0n) is 17.9. The summed E-state index contributed by atoms with van der Waals surface area (Å²) in [5.41, 5.74) is 1.21. The fourth-order valence-corrected chi connectivity index (χ4v) is 3.80. The summed E-state index contributed by atoms with van der Waals surface area (Å²) in [7, 11) is 7.72. The lowest BCUT2D eigenvalue weighted by Gasteiger charge is -2.29. The minimum atomic E-state index is 0. The Hall–Kier alpha value is -0.930. The molecule has 8 heteroatoms. The van der Waals surface area contributed by atoms with E-state index in [9.17, 15) is 0 Å². The van der Waals surface area contributed by atoms with E-state index in [2.05, 4.69) is 53.4 Å². The van der Waals surface area contributed by atoms with Crippen molar-refractivity contribution in [3.63, 3.8) is 0 Å². The molecule has 0 radical (unpaired) electrons. The summed E-state index contributed by atoms with van der Waals surface area (Å²) in [6, 6.07) is 6.08. The van der Waals surface area contributed by atoms with Crippen LogP contribution in [0.1, 0.15) is 20.3 Å². The van der Waals surface area contributed by atoms with Crippen molar-refractivity contribution in [2.75, 3.05) is 59.3 Å². The van der Waals surface area contributed by atoms with Crippen molar-refractivity contribution in [2.45, 2.75) is 26.3 Å². The minimum absolute atomic E-state index is 0. The summed E-state index contributed by atoms with van der Waals surface area (Å²) >= 11 is 6.18. The van der Waals surface area contributed by atoms with Gasteiger partial charge < -0.3 is 25.2 Å². The second-order valence-electron chi connectivity index (χ2n) is 8.22. The molecular weight excluding hydrogens is 489 g/mol. The topological polar surface area (TPSA) is 52.1 Å². The van der Waals surface area contributed by atoms with Crippen LogP contribution in [0, 0.1) is 5.41 Å². The monoisotopic (exact) mass is 523 g/mol. The van der Waals surface area contributed by atoms with Crippen LogP contribution < -0.4 is 20.3 Å². The third-order valence-electron chi connectivity index (χ3n) is 4.71. The molecule has 0 spiro atoms. The molecule has 1 aliphatic heterocycles. The molecule has 1 unspecified atom stereocenters. The lowest BCUT2D eigenvalue weighted by molar-refractivity contribution is 0.241. The highest BCUT2D eigenvalue weighted by Gasteiger charge is 2.26. The van der Waals surface area contributed by atoms with Crippen molar-refractivity contribution in [2.24, 2.45) is 10.4 Å². The van der Waals surface area contributed by atoms with Crippen LogP contribution in [0.4, 0.5) is 5.69 Å². The second kappa shape index (κ2) is 11.3. The summed E-state index contributed by atoms with van der Waals surface area (Å²) in [4.78, 5) is 8.92. The number of methoxy groups -OCH3 is 1. The van der Waals surface area contributed by atoms with Gasteiger partial charge in [-0.3, -0.25) is 4.99 Å². The summed E-state index contributed by atoms with van der Waals surface area (Å²) < 4.78 is 5.50. The normalized spacial score (nSPS) is 17.5. The molecule has 0 amide bonds. The van der Waals surface area contributed by atoms with E-state index >= 15 is 0 Å². The molecule has 1 aromatic carbocycles. The first-order valence-electron chi connectivity index (χ1n) is 9.44. The number of aliphatic imine (C=N–C) groups is 1. The van der Waals surface area contributed by atoms with Crippen molar-refractivity contribution in [1.29, 1.82) is 0 Å². The molecule has 2 N–H and O–H groups in total. The first-order chi connectivity index (χ1) is 12.7. The highest BCUT2D eigenvalue weighted by Crippen LogP contribution is 2.33. The number of halogens is 2. The van der Waals surface area contributed by atoms with Crippen molar-refractivity contribution < 1.29 is 4.74 Å². The van der Waals surface area contributed by atoms with E-state index in [0.29, 0.717) is 6.04 Å². The largest absolute Gasteiger partial charge is 0.495 e. The number of hydrogen-bond donors (Lipinski definition) is 2. The molecular formula is C20H35ClIN5O. The summed E-state index contributed by atoms with van der Waals surface area (Å²) in [5, 5.41) is 7.75. The highest BCUT2D eigenvalue weighted by molar-refractivity contribution is 14.0. The molecule has 0 aliphatic carbocycles. The Morgan fingerprint density at radius 2 is 2.11 bits per heavy atom. The SMILES string of the molecule is CN=C(NCC(C)(C)CN(C)C)NC1CCN(c2cc(Cl)ccc2OC)C1.I. The van der Waals surface area contributed by atoms with Gasteiger partial charge in [-0.2, -0.15) is 0 Å². The van der Waals surface area contributed by atoms with Crippen LogP contribution in [-0.2, 0) is 0 Å². The molecule has 1 atom stereocenters. The van der Waals surface area contributed by atoms with E-state index in [1.807, 2.05) is 25.2 Å². The Bertz CT molecular complexity index is 653. The number of nitrogens with zero attached hydrogens (tertiary/aromatic N) is 3. The van der Waals surface area contributed by atoms with Gasteiger partial charge in [-0.25, -0.2) is 0 Å². The van der Waals surface area contributed by atoms with Gasteiger partial charge in [0.1, 0.15) is 5.75 Å². The molecule has 0 bridgehead atoms. The van der Waals surface area contributed by atoms with Crippen molar-refractivity contribution in [3.8, 4) is 5.75 Å². The summed E-state index contributed by atoms with van der Waals surface area (Å²) in [6.45, 7) is 8.24. The van der Waals surface area contributed by atoms with E-state index in [4.69, 9.17) is 16.3 Å². The van der Waals surface area contributed by atoms with Crippen molar-refractivity contribution >= 4 is 47.2 Å². The molecule has 1 aromatic rings. The van der Waals surface area contributed by atoms with Gasteiger partial charge in [-0.05, 0) is 44.1 Å². The zero-order valence-corrected chi connectivity index (χ0v) is 21.0. The fourth-order valence-electron chi connectivity index (χ4n) is 3.63. The van der Waals surface area contributed by atoms with Gasteiger partial charge in [0.05, 0.1) is 12.8 Å². The third kappa shape index (κ3) is 7.48. The molecule has 6 nitrogen and oxygen atoms in total. The zero-order chi connectivity index (χ0) is 20.0. The van der Waals surface area contributed by atoms with E-state index < -0.39 is 0 Å². The molecule has 0 aromatic heterocycles. The second-order valence-corrected chi connectivity index (χ2v) is 8.66. The quantitative estimate of drug-likeness (QED) is 0.326. The van der Waals surface area contributed by atoms with Crippen LogP contribution in [0.15, 0.2) is 23.2 Å². The molecule has 1 saturated heterocycles. The van der Waals surface area contributed by atoms with Crippen LogP contribution >= 0.6 is 35.6 Å². The van der Waals surface area contributed by atoms with Crippen LogP contribution in [0.2, 0.25) is 5.02 Å². The van der Waals surface area contributed by atoms with Crippen LogP contribution in [0.5, 0.6) is 5.75 Å². The summed E-state index contributed by atoms with van der Waals surface area (Å²) in [6.07, 6.45) is 1.04. The van der Waals surface area contributed by atoms with Crippen LogP contribution in [0.3, 0.4) is 0 Å². The van der Waals surface area contributed by atoms with Gasteiger partial charge in [-0.1, -0.05) is 25.4 Å². The maximum Gasteiger partial charge on any atom is 0.191 e. The number of guanidine groups is 1. The number of hydrogen-bond acceptors (Lipinski definition) is 4. The van der Waals surface area contributed by atoms with Gasteiger partial charge in [0.2, 0.25) is 0 Å². The van der Waals surface area contributed by atoms with Crippen molar-refractivity contribution in [1.82, 2.24) is 15.5 Å². The van der Waals surface area contributed by atoms with E-state index in [1.165, 1.54) is 0 Å². The van der Waals surface area contributed by atoms with Gasteiger partial charge >= 0.3 is 0 Å². The standard InChI is InChI=1S/C20H34ClN5O.HI/c1-20(2,14-25(4)5)13-23-19(22-3)24-16-9-10-26(12-16)17-11-15(21)7-8-18(17)27-6;/h7-8,11,16H,9-10,12-14H2,1-6H3,(H2,22,23,24);1H. The van der Waals surface area contributed by atoms with Crippen molar-refractivity contribution in [3.05, 3.63) is 23.2 Å². The molecule has 28 heavy (non-hydrogen) atoms. The number of benzene rings is 1. The lowest BCUT2D eigenvalue weighted by atomic mass is 9.93. The number of anilines is 1. The first-order valence-corrected chi connectivity index (χ1v) is 9.82. The molecule has 1 aliphatic rings. The number of ether oxygens (including phenoxy) is 1. The number of nitrogens with one attached hydrogen (secondary N) is 2. The van der Waals surface area contributed by atoms with E-state index in [0.717, 1.165) is 55.0 Å². The predicted molar refractivity (Wildman–Crippen MR) is 131 cm³/mol. The Morgan fingerprint density at radius 1 is 1.39 bits per heavy atom. The maximum absolute atomic E-state index is 6.18. The van der Waals surface area contributed by atoms with Gasteiger partial charge in [0.15, 0.2) is 5.96 Å². The summed E-state index contributed by atoms with van der Waals surface area (Å²) in [5.74, 6) is 1.71. The highest BCUT2D eigenvalue weighted by atomic mass is 127. The number of rotatable bonds is 7. The van der Waals surface area contributed by atoms with Gasteiger partial charge in [0, 0.05) is 44.3 Å². The Balaban J connectivity index is 0.00000392. The smallest absolute Gasteiger partial charge is 0.191 e. The predicted octanol–water partition coefficient (Wildman–Crippen LogP) is 3.30. The van der Waals surface area contributed by atoms with Gasteiger partial charge in [0.25, 0.3) is 0 Å². The maximum atomic E-state index is 6.18. The molecule has 2 rings (SSSR count). The first kappa shape index (κ1) is 25.1. The molecule has 160 valence electrons.